The molecule has 0 saturated heterocycles. The number of aliphatic carboxylic acids is 2. The molecule has 0 amide bonds. The van der Waals surface area contributed by atoms with E-state index in [2.05, 4.69) is 10.1 Å². The first kappa shape index (κ1) is 25.3. The number of para-hydroxylation sites is 2. The van der Waals surface area contributed by atoms with Crippen LogP contribution in [-0.4, -0.2) is 48.1 Å². The molecule has 0 aliphatic carbocycles. The van der Waals surface area contributed by atoms with Crippen LogP contribution in [0.1, 0.15) is 18.1 Å². The van der Waals surface area contributed by atoms with E-state index in [1.165, 1.54) is 17.7 Å². The quantitative estimate of drug-likeness (QED) is 0.570. The van der Waals surface area contributed by atoms with E-state index in [9.17, 15) is 13.2 Å². The lowest BCUT2D eigenvalue weighted by atomic mass is 9.99. The molecule has 0 saturated carbocycles. The van der Waals surface area contributed by atoms with Gasteiger partial charge in [0, 0.05) is 6.54 Å². The summed E-state index contributed by atoms with van der Waals surface area (Å²) < 4.78 is 42.7. The van der Waals surface area contributed by atoms with E-state index >= 15 is 0 Å². The monoisotopic (exact) mass is 474 g/mol. The fourth-order valence-electron chi connectivity index (χ4n) is 3.36. The van der Waals surface area contributed by atoms with Crippen molar-refractivity contribution in [2.24, 2.45) is 0 Å². The van der Waals surface area contributed by atoms with Crippen LogP contribution >= 0.6 is 11.6 Å². The summed E-state index contributed by atoms with van der Waals surface area (Å²) in [5.74, 6) is -3.88. The van der Waals surface area contributed by atoms with Gasteiger partial charge in [0.05, 0.1) is 16.4 Å². The minimum atomic E-state index is -4.75. The Morgan fingerprint density at radius 3 is 2.31 bits per heavy atom. The SMILES string of the molecule is CCN(c1ccccc1OC(F)(F)F)c1c(Cl)ccc2c1CCNCC2.O=C(O)C(=O)O. The average Bonchev–Trinajstić information content (AvgIpc) is 2.96. The zero-order valence-electron chi connectivity index (χ0n) is 17.1. The first-order chi connectivity index (χ1) is 15.0. The number of benzene rings is 2. The minimum absolute atomic E-state index is 0.234. The Kier molecular flexibility index (Phi) is 8.73. The molecular weight excluding hydrogens is 453 g/mol. The third-order valence-corrected chi connectivity index (χ3v) is 4.91. The first-order valence-electron chi connectivity index (χ1n) is 9.64. The Morgan fingerprint density at radius 2 is 1.72 bits per heavy atom. The van der Waals surface area contributed by atoms with Crippen molar-refractivity contribution in [3.05, 3.63) is 52.5 Å². The van der Waals surface area contributed by atoms with Crippen LogP contribution < -0.4 is 15.0 Å². The van der Waals surface area contributed by atoms with Crippen LogP contribution in [0.4, 0.5) is 24.5 Å². The van der Waals surface area contributed by atoms with Gasteiger partial charge in [-0.15, -0.1) is 13.2 Å². The zero-order chi connectivity index (χ0) is 23.9. The lowest BCUT2D eigenvalue weighted by Gasteiger charge is -2.29. The van der Waals surface area contributed by atoms with E-state index in [1.54, 1.807) is 17.0 Å². The maximum absolute atomic E-state index is 12.8. The van der Waals surface area contributed by atoms with Crippen LogP contribution in [0.2, 0.25) is 5.02 Å². The number of hydrogen-bond donors (Lipinski definition) is 3. The fraction of sp³-hybridized carbons (Fsp3) is 0.333. The number of halogens is 4. The number of alkyl halides is 3. The fourth-order valence-corrected chi connectivity index (χ4v) is 3.64. The first-order valence-corrected chi connectivity index (χ1v) is 10.0. The standard InChI is InChI=1S/C19H20ClF3N2O.C2H2O4/c1-2-25(16-5-3-4-6-17(16)26-19(21,22)23)18-14-10-12-24-11-9-13(14)7-8-15(18)20;3-1(4)2(5)6/h3-8,24H,2,9-12H2,1H3;(H,3,4)(H,5,6). The summed E-state index contributed by atoms with van der Waals surface area (Å²) >= 11 is 6.50. The number of carbonyl (C=O) groups is 2. The van der Waals surface area contributed by atoms with Gasteiger partial charge in [0.15, 0.2) is 5.75 Å². The van der Waals surface area contributed by atoms with Gasteiger partial charge in [-0.25, -0.2) is 9.59 Å². The van der Waals surface area contributed by atoms with Gasteiger partial charge in [0.1, 0.15) is 0 Å². The van der Waals surface area contributed by atoms with Crippen molar-refractivity contribution in [1.82, 2.24) is 5.32 Å². The average molecular weight is 475 g/mol. The maximum atomic E-state index is 12.8. The molecule has 3 N–H and O–H groups in total. The van der Waals surface area contributed by atoms with Crippen LogP contribution in [0.25, 0.3) is 0 Å². The minimum Gasteiger partial charge on any atom is -0.473 e. The topological polar surface area (TPSA) is 99.1 Å². The van der Waals surface area contributed by atoms with E-state index < -0.39 is 18.3 Å². The molecule has 3 rings (SSSR count). The highest BCUT2D eigenvalue weighted by molar-refractivity contribution is 6.33. The summed E-state index contributed by atoms with van der Waals surface area (Å²) in [6.45, 7) is 4.02. The predicted molar refractivity (Wildman–Crippen MR) is 113 cm³/mol. The molecule has 2 aromatic rings. The van der Waals surface area contributed by atoms with E-state index in [4.69, 9.17) is 31.4 Å². The number of anilines is 2. The largest absolute Gasteiger partial charge is 0.573 e. The molecule has 11 heteroatoms. The van der Waals surface area contributed by atoms with Crippen LogP contribution in [0.15, 0.2) is 36.4 Å². The number of nitrogens with zero attached hydrogens (tertiary/aromatic N) is 1. The van der Waals surface area contributed by atoms with Gasteiger partial charge >= 0.3 is 18.3 Å². The van der Waals surface area contributed by atoms with Crippen molar-refractivity contribution in [3.63, 3.8) is 0 Å². The van der Waals surface area contributed by atoms with Crippen LogP contribution in [0, 0.1) is 0 Å². The molecule has 32 heavy (non-hydrogen) atoms. The number of rotatable bonds is 4. The third-order valence-electron chi connectivity index (χ3n) is 4.60. The predicted octanol–water partition coefficient (Wildman–Crippen LogP) is 4.24. The van der Waals surface area contributed by atoms with Crippen molar-refractivity contribution in [2.45, 2.75) is 26.1 Å². The van der Waals surface area contributed by atoms with Gasteiger partial charge in [0.2, 0.25) is 0 Å². The van der Waals surface area contributed by atoms with Crippen molar-refractivity contribution in [2.75, 3.05) is 24.5 Å². The van der Waals surface area contributed by atoms with Crippen LogP contribution in [0.5, 0.6) is 5.75 Å². The highest BCUT2D eigenvalue weighted by atomic mass is 35.5. The molecular formula is C21H22ClF3N2O5. The molecule has 0 bridgehead atoms. The van der Waals surface area contributed by atoms with Gasteiger partial charge in [-0.2, -0.15) is 0 Å². The summed E-state index contributed by atoms with van der Waals surface area (Å²) in [5.41, 5.74) is 3.35. The maximum Gasteiger partial charge on any atom is 0.573 e. The number of nitrogens with one attached hydrogen (secondary N) is 1. The van der Waals surface area contributed by atoms with Crippen molar-refractivity contribution >= 4 is 34.9 Å². The molecule has 0 fully saturated rings. The summed E-state index contributed by atoms with van der Waals surface area (Å²) in [6, 6.07) is 9.97. The summed E-state index contributed by atoms with van der Waals surface area (Å²) in [7, 11) is 0. The Balaban J connectivity index is 0.000000534. The molecule has 1 heterocycles. The second-order valence-corrected chi connectivity index (χ2v) is 7.06. The van der Waals surface area contributed by atoms with Gasteiger partial charge in [-0.05, 0) is 62.2 Å². The highest BCUT2D eigenvalue weighted by Crippen LogP contribution is 2.42. The molecule has 174 valence electrons. The molecule has 1 aliphatic heterocycles. The molecule has 0 spiro atoms. The molecule has 7 nitrogen and oxygen atoms in total. The van der Waals surface area contributed by atoms with Gasteiger partial charge in [-0.1, -0.05) is 29.8 Å². The smallest absolute Gasteiger partial charge is 0.473 e. The highest BCUT2D eigenvalue weighted by Gasteiger charge is 2.33. The van der Waals surface area contributed by atoms with Crippen molar-refractivity contribution in [1.29, 1.82) is 0 Å². The number of ether oxygens (including phenoxy) is 1. The van der Waals surface area contributed by atoms with Gasteiger partial charge in [-0.3, -0.25) is 0 Å². The Labute approximate surface area is 187 Å². The van der Waals surface area contributed by atoms with Crippen LogP contribution in [-0.2, 0) is 22.4 Å². The molecule has 0 unspecified atom stereocenters. The summed E-state index contributed by atoms with van der Waals surface area (Å²) in [6.07, 6.45) is -3.13. The van der Waals surface area contributed by atoms with Crippen molar-refractivity contribution in [3.8, 4) is 5.75 Å². The molecule has 2 aromatic carbocycles. The lowest BCUT2D eigenvalue weighted by Crippen LogP contribution is -2.23. The Hall–Kier alpha value is -2.98. The second-order valence-electron chi connectivity index (χ2n) is 6.65. The third kappa shape index (κ3) is 6.76. The molecule has 0 aromatic heterocycles. The Morgan fingerprint density at radius 1 is 1.09 bits per heavy atom. The number of fused-ring (bicyclic) bond motifs is 1. The summed E-state index contributed by atoms with van der Waals surface area (Å²) in [5, 5.41) is 18.6. The van der Waals surface area contributed by atoms with Crippen LogP contribution in [0.3, 0.4) is 0 Å². The molecule has 1 aliphatic rings. The second kappa shape index (κ2) is 11.1. The molecule has 0 radical (unpaired) electrons. The number of carboxylic acids is 2. The van der Waals surface area contributed by atoms with Crippen molar-refractivity contribution < 1.29 is 37.7 Å². The molecule has 0 atom stereocenters. The van der Waals surface area contributed by atoms with Gasteiger partial charge in [0.25, 0.3) is 0 Å². The van der Waals surface area contributed by atoms with E-state index in [1.807, 2.05) is 19.1 Å². The summed E-state index contributed by atoms with van der Waals surface area (Å²) in [4.78, 5) is 20.0. The normalized spacial score (nSPS) is 13.2. The Bertz CT molecular complexity index is 957. The van der Waals surface area contributed by atoms with E-state index in [-0.39, 0.29) is 5.75 Å². The van der Waals surface area contributed by atoms with E-state index in [0.717, 1.165) is 37.2 Å². The number of carboxylic acid groups (broad SMARTS) is 2. The van der Waals surface area contributed by atoms with Gasteiger partial charge < -0.3 is 25.2 Å². The number of hydrogen-bond acceptors (Lipinski definition) is 5. The zero-order valence-corrected chi connectivity index (χ0v) is 17.8. The van der Waals surface area contributed by atoms with E-state index in [0.29, 0.717) is 17.3 Å². The lowest BCUT2D eigenvalue weighted by molar-refractivity contribution is -0.274.